The first kappa shape index (κ1) is 6.87. The number of aliphatic imine (C=N–C) groups is 1. The average Bonchev–Trinajstić information content (AvgIpc) is 2.32. The van der Waals surface area contributed by atoms with Crippen LogP contribution in [0.15, 0.2) is 28.1 Å². The summed E-state index contributed by atoms with van der Waals surface area (Å²) in [5.74, 6) is 6.39. The normalized spacial score (nSPS) is 27.5. The molecule has 0 bridgehead atoms. The Kier molecular flexibility index (Phi) is 1.47. The SMILES string of the molecule is NN1C=CC2NC(Br)=CN=C21. The molecule has 0 amide bonds. The lowest BCUT2D eigenvalue weighted by molar-refractivity contribution is 0.592. The second-order valence-corrected chi connectivity index (χ2v) is 3.19. The highest BCUT2D eigenvalue weighted by Gasteiger charge is 2.24. The summed E-state index contributed by atoms with van der Waals surface area (Å²) in [5.41, 5.74) is 0. The molecule has 0 saturated carbocycles. The molecule has 2 aliphatic heterocycles. The quantitative estimate of drug-likeness (QED) is 0.450. The summed E-state index contributed by atoms with van der Waals surface area (Å²) in [5, 5.41) is 4.65. The maximum absolute atomic E-state index is 5.57. The Morgan fingerprint density at radius 1 is 1.73 bits per heavy atom. The fourth-order valence-corrected chi connectivity index (χ4v) is 1.42. The summed E-state index contributed by atoms with van der Waals surface area (Å²) in [6.45, 7) is 0. The van der Waals surface area contributed by atoms with Crippen molar-refractivity contribution in [3.8, 4) is 0 Å². The van der Waals surface area contributed by atoms with Crippen LogP contribution in [0.4, 0.5) is 0 Å². The molecule has 0 fully saturated rings. The van der Waals surface area contributed by atoms with Crippen molar-refractivity contribution in [3.63, 3.8) is 0 Å². The van der Waals surface area contributed by atoms with Gasteiger partial charge in [0.1, 0.15) is 11.9 Å². The van der Waals surface area contributed by atoms with Crippen molar-refractivity contribution in [2.75, 3.05) is 0 Å². The summed E-state index contributed by atoms with van der Waals surface area (Å²) in [6.07, 6.45) is 5.43. The molecule has 1 atom stereocenters. The molecule has 4 nitrogen and oxygen atoms in total. The van der Waals surface area contributed by atoms with Crippen LogP contribution in [0.5, 0.6) is 0 Å². The summed E-state index contributed by atoms with van der Waals surface area (Å²) < 4.78 is 0.881. The molecule has 2 heterocycles. The number of amidine groups is 1. The second-order valence-electron chi connectivity index (χ2n) is 2.34. The van der Waals surface area contributed by atoms with Gasteiger partial charge in [0.05, 0.1) is 10.8 Å². The molecule has 1 unspecified atom stereocenters. The molecule has 2 aliphatic rings. The standard InChI is InChI=1S/C6H7BrN4/c7-5-3-9-6-4(10-5)1-2-11(6)8/h1-4,10H,8H2. The van der Waals surface area contributed by atoms with Crippen molar-refractivity contribution < 1.29 is 0 Å². The van der Waals surface area contributed by atoms with Crippen molar-refractivity contribution >= 4 is 21.8 Å². The number of hydrogen-bond acceptors (Lipinski definition) is 4. The minimum absolute atomic E-state index is 0.124. The first-order chi connectivity index (χ1) is 5.27. The van der Waals surface area contributed by atoms with Gasteiger partial charge in [-0.25, -0.2) is 10.8 Å². The molecule has 0 spiro atoms. The van der Waals surface area contributed by atoms with Gasteiger partial charge >= 0.3 is 0 Å². The Hall–Kier alpha value is -0.810. The van der Waals surface area contributed by atoms with E-state index in [-0.39, 0.29) is 6.04 Å². The van der Waals surface area contributed by atoms with Gasteiger partial charge in [-0.05, 0) is 22.0 Å². The fourth-order valence-electron chi connectivity index (χ4n) is 1.07. The molecular weight excluding hydrogens is 208 g/mol. The number of rotatable bonds is 0. The van der Waals surface area contributed by atoms with Crippen molar-refractivity contribution in [2.45, 2.75) is 6.04 Å². The molecule has 2 rings (SSSR count). The molecular formula is C6H7BrN4. The number of fused-ring (bicyclic) bond motifs is 1. The maximum Gasteiger partial charge on any atom is 0.149 e. The topological polar surface area (TPSA) is 53.6 Å². The minimum Gasteiger partial charge on any atom is -0.365 e. The maximum atomic E-state index is 5.57. The van der Waals surface area contributed by atoms with E-state index in [1.54, 1.807) is 12.4 Å². The molecule has 0 aliphatic carbocycles. The number of nitrogens with two attached hydrogens (primary N) is 1. The zero-order chi connectivity index (χ0) is 7.84. The summed E-state index contributed by atoms with van der Waals surface area (Å²) in [4.78, 5) is 4.14. The lowest BCUT2D eigenvalue weighted by Crippen LogP contribution is -2.42. The number of hydrazine groups is 1. The van der Waals surface area contributed by atoms with Crippen molar-refractivity contribution in [2.24, 2.45) is 10.8 Å². The van der Waals surface area contributed by atoms with Gasteiger partial charge in [0, 0.05) is 6.20 Å². The third-order valence-corrected chi connectivity index (χ3v) is 2.02. The van der Waals surface area contributed by atoms with E-state index in [1.165, 1.54) is 5.01 Å². The molecule has 3 N–H and O–H groups in total. The lowest BCUT2D eigenvalue weighted by atomic mass is 10.3. The van der Waals surface area contributed by atoms with Gasteiger partial charge in [0.15, 0.2) is 0 Å². The minimum atomic E-state index is 0.124. The van der Waals surface area contributed by atoms with Gasteiger partial charge in [0.25, 0.3) is 0 Å². The second kappa shape index (κ2) is 2.35. The largest absolute Gasteiger partial charge is 0.365 e. The fraction of sp³-hybridized carbons (Fsp3) is 0.167. The number of hydrogen-bond donors (Lipinski definition) is 2. The van der Waals surface area contributed by atoms with E-state index in [2.05, 4.69) is 26.2 Å². The highest BCUT2D eigenvalue weighted by molar-refractivity contribution is 9.11. The molecule has 0 radical (unpaired) electrons. The van der Waals surface area contributed by atoms with Crippen molar-refractivity contribution in [3.05, 3.63) is 23.1 Å². The summed E-state index contributed by atoms with van der Waals surface area (Å²) in [6, 6.07) is 0.124. The Morgan fingerprint density at radius 2 is 2.55 bits per heavy atom. The molecule has 0 aromatic carbocycles. The highest BCUT2D eigenvalue weighted by atomic mass is 79.9. The van der Waals surface area contributed by atoms with Crippen LogP contribution < -0.4 is 11.2 Å². The average molecular weight is 215 g/mol. The van der Waals surface area contributed by atoms with Crippen LogP contribution in [0.3, 0.4) is 0 Å². The summed E-state index contributed by atoms with van der Waals surface area (Å²) in [7, 11) is 0. The Labute approximate surface area is 72.6 Å². The number of halogens is 1. The third-order valence-electron chi connectivity index (χ3n) is 1.59. The van der Waals surface area contributed by atoms with E-state index in [0.717, 1.165) is 10.4 Å². The smallest absolute Gasteiger partial charge is 0.149 e. The van der Waals surface area contributed by atoms with Crippen LogP contribution in [0.25, 0.3) is 0 Å². The van der Waals surface area contributed by atoms with Gasteiger partial charge in [-0.3, -0.25) is 5.01 Å². The number of nitrogens with one attached hydrogen (secondary N) is 1. The molecule has 0 saturated heterocycles. The first-order valence-corrected chi connectivity index (χ1v) is 3.99. The van der Waals surface area contributed by atoms with Crippen molar-refractivity contribution in [1.29, 1.82) is 0 Å². The highest BCUT2D eigenvalue weighted by Crippen LogP contribution is 2.14. The summed E-state index contributed by atoms with van der Waals surface area (Å²) >= 11 is 3.29. The zero-order valence-corrected chi connectivity index (χ0v) is 7.25. The molecule has 0 aromatic rings. The van der Waals surface area contributed by atoms with E-state index in [9.17, 15) is 0 Å². The Balaban J connectivity index is 2.31. The van der Waals surface area contributed by atoms with Crippen LogP contribution in [-0.4, -0.2) is 16.9 Å². The van der Waals surface area contributed by atoms with Gasteiger partial charge in [-0.1, -0.05) is 0 Å². The third kappa shape index (κ3) is 1.06. The molecule has 11 heavy (non-hydrogen) atoms. The van der Waals surface area contributed by atoms with Crippen LogP contribution in [-0.2, 0) is 0 Å². The van der Waals surface area contributed by atoms with E-state index in [1.807, 2.05) is 6.08 Å². The van der Waals surface area contributed by atoms with E-state index < -0.39 is 0 Å². The van der Waals surface area contributed by atoms with Crippen molar-refractivity contribution in [1.82, 2.24) is 10.3 Å². The van der Waals surface area contributed by atoms with E-state index >= 15 is 0 Å². The van der Waals surface area contributed by atoms with Gasteiger partial charge in [-0.15, -0.1) is 0 Å². The molecule has 0 aromatic heterocycles. The lowest BCUT2D eigenvalue weighted by Gasteiger charge is -2.19. The van der Waals surface area contributed by atoms with Gasteiger partial charge in [-0.2, -0.15) is 0 Å². The first-order valence-electron chi connectivity index (χ1n) is 3.19. The van der Waals surface area contributed by atoms with E-state index in [0.29, 0.717) is 0 Å². The van der Waals surface area contributed by atoms with Crippen LogP contribution in [0.1, 0.15) is 0 Å². The van der Waals surface area contributed by atoms with Crippen LogP contribution in [0, 0.1) is 0 Å². The monoisotopic (exact) mass is 214 g/mol. The van der Waals surface area contributed by atoms with E-state index in [4.69, 9.17) is 5.84 Å². The zero-order valence-electron chi connectivity index (χ0n) is 5.66. The Bertz CT molecular complexity index is 268. The predicted octanol–water partition coefficient (Wildman–Crippen LogP) is 0.254. The number of nitrogens with zero attached hydrogens (tertiary/aromatic N) is 2. The molecule has 58 valence electrons. The predicted molar refractivity (Wildman–Crippen MR) is 46.5 cm³/mol. The molecule has 5 heteroatoms. The Morgan fingerprint density at radius 3 is 3.36 bits per heavy atom. The van der Waals surface area contributed by atoms with Gasteiger partial charge in [0.2, 0.25) is 0 Å². The van der Waals surface area contributed by atoms with Crippen LogP contribution >= 0.6 is 15.9 Å². The van der Waals surface area contributed by atoms with Crippen LogP contribution in [0.2, 0.25) is 0 Å². The van der Waals surface area contributed by atoms with Gasteiger partial charge < -0.3 is 5.32 Å².